The highest BCUT2D eigenvalue weighted by molar-refractivity contribution is 5.79. The van der Waals surface area contributed by atoms with Crippen LogP contribution in [0.4, 0.5) is 5.69 Å². The molecule has 0 saturated heterocycles. The van der Waals surface area contributed by atoms with E-state index in [1.54, 1.807) is 0 Å². The van der Waals surface area contributed by atoms with Gasteiger partial charge in [0.05, 0.1) is 18.8 Å². The van der Waals surface area contributed by atoms with E-state index >= 15 is 0 Å². The lowest BCUT2D eigenvalue weighted by molar-refractivity contribution is 0.368. The van der Waals surface area contributed by atoms with Crippen LogP contribution in [0.5, 0.6) is 0 Å². The summed E-state index contributed by atoms with van der Waals surface area (Å²) >= 11 is 0. The van der Waals surface area contributed by atoms with Crippen molar-refractivity contribution in [3.05, 3.63) is 47.3 Å². The Bertz CT molecular complexity index is 702. The Morgan fingerprint density at radius 2 is 1.81 bits per heavy atom. The minimum Gasteiger partial charge on any atom is -0.378 e. The highest BCUT2D eigenvalue weighted by Crippen LogP contribution is 2.22. The van der Waals surface area contributed by atoms with Crippen LogP contribution in [0, 0.1) is 0 Å². The lowest BCUT2D eigenvalue weighted by atomic mass is 9.99. The first-order valence-electron chi connectivity index (χ1n) is 9.81. The number of guanidine groups is 1. The zero-order valence-corrected chi connectivity index (χ0v) is 17.2. The van der Waals surface area contributed by atoms with Gasteiger partial charge in [-0.25, -0.2) is 4.99 Å². The molecule has 0 amide bonds. The van der Waals surface area contributed by atoms with Crippen molar-refractivity contribution in [2.45, 2.75) is 52.6 Å². The van der Waals surface area contributed by atoms with E-state index in [0.29, 0.717) is 19.0 Å². The molecule has 0 unspecified atom stereocenters. The summed E-state index contributed by atoms with van der Waals surface area (Å²) in [6.45, 7) is 8.42. The standard InChI is InChI=1S/C21H33N5O/c1-6-17(7-2)20-13-19(27-25-20)15-24-21(22-8-3)23-14-16-9-11-18(12-10-16)26(4)5/h9-13,17H,6-8,14-15H2,1-5H3,(H2,22,23,24). The summed E-state index contributed by atoms with van der Waals surface area (Å²) in [6, 6.07) is 10.5. The van der Waals surface area contributed by atoms with Crippen molar-refractivity contribution >= 4 is 11.6 Å². The van der Waals surface area contributed by atoms with Gasteiger partial charge in [-0.3, -0.25) is 0 Å². The van der Waals surface area contributed by atoms with E-state index in [4.69, 9.17) is 4.52 Å². The largest absolute Gasteiger partial charge is 0.378 e. The van der Waals surface area contributed by atoms with E-state index in [9.17, 15) is 0 Å². The number of nitrogens with zero attached hydrogens (tertiary/aromatic N) is 3. The lowest BCUT2D eigenvalue weighted by Gasteiger charge is -2.13. The molecule has 1 heterocycles. The fraction of sp³-hybridized carbons (Fsp3) is 0.524. The van der Waals surface area contributed by atoms with Crippen LogP contribution in [0.3, 0.4) is 0 Å². The summed E-state index contributed by atoms with van der Waals surface area (Å²) in [5.41, 5.74) is 3.40. The quantitative estimate of drug-likeness (QED) is 0.517. The summed E-state index contributed by atoms with van der Waals surface area (Å²) in [5, 5.41) is 10.8. The monoisotopic (exact) mass is 371 g/mol. The second kappa shape index (κ2) is 10.6. The zero-order valence-electron chi connectivity index (χ0n) is 17.2. The Morgan fingerprint density at radius 1 is 1.11 bits per heavy atom. The van der Waals surface area contributed by atoms with Crippen LogP contribution in [0.1, 0.15) is 56.5 Å². The molecule has 2 aromatic rings. The van der Waals surface area contributed by atoms with Gasteiger partial charge in [-0.1, -0.05) is 31.1 Å². The highest BCUT2D eigenvalue weighted by Gasteiger charge is 2.13. The van der Waals surface area contributed by atoms with Gasteiger partial charge in [-0.15, -0.1) is 0 Å². The van der Waals surface area contributed by atoms with Crippen LogP contribution in [0.2, 0.25) is 0 Å². The van der Waals surface area contributed by atoms with Crippen molar-refractivity contribution in [1.29, 1.82) is 0 Å². The third kappa shape index (κ3) is 6.31. The van der Waals surface area contributed by atoms with Gasteiger partial charge in [0.1, 0.15) is 0 Å². The van der Waals surface area contributed by atoms with Crippen molar-refractivity contribution in [2.75, 3.05) is 25.5 Å². The van der Waals surface area contributed by atoms with Crippen molar-refractivity contribution in [1.82, 2.24) is 15.8 Å². The van der Waals surface area contributed by atoms with Crippen molar-refractivity contribution in [3.8, 4) is 0 Å². The second-order valence-corrected chi connectivity index (χ2v) is 6.84. The molecule has 0 aliphatic heterocycles. The minimum absolute atomic E-state index is 0.467. The average Bonchev–Trinajstić information content (AvgIpc) is 3.14. The second-order valence-electron chi connectivity index (χ2n) is 6.84. The molecule has 6 heteroatoms. The molecule has 148 valence electrons. The van der Waals surface area contributed by atoms with E-state index in [1.165, 1.54) is 11.3 Å². The molecule has 0 saturated carbocycles. The normalized spacial score (nSPS) is 11.7. The summed E-state index contributed by atoms with van der Waals surface area (Å²) < 4.78 is 5.48. The SMILES string of the molecule is CCNC(=NCc1ccc(N(C)C)cc1)NCc1cc(C(CC)CC)no1. The first kappa shape index (κ1) is 20.8. The number of hydrogen-bond acceptors (Lipinski definition) is 4. The van der Waals surface area contributed by atoms with E-state index in [1.807, 2.05) is 20.2 Å². The molecule has 0 bridgehead atoms. The number of aliphatic imine (C=N–C) groups is 1. The molecule has 0 aliphatic carbocycles. The van der Waals surface area contributed by atoms with Crippen LogP contribution >= 0.6 is 0 Å². The maximum absolute atomic E-state index is 5.48. The molecule has 0 radical (unpaired) electrons. The number of benzene rings is 1. The van der Waals surface area contributed by atoms with E-state index in [-0.39, 0.29) is 0 Å². The predicted molar refractivity (Wildman–Crippen MR) is 112 cm³/mol. The molecule has 2 rings (SSSR count). The molecule has 0 fully saturated rings. The smallest absolute Gasteiger partial charge is 0.191 e. The van der Waals surface area contributed by atoms with Gasteiger partial charge in [-0.2, -0.15) is 0 Å². The van der Waals surface area contributed by atoms with E-state index in [2.05, 4.69) is 70.7 Å². The first-order chi connectivity index (χ1) is 13.1. The van der Waals surface area contributed by atoms with E-state index in [0.717, 1.165) is 36.8 Å². The summed E-state index contributed by atoms with van der Waals surface area (Å²) in [5.74, 6) is 2.07. The number of rotatable bonds is 9. The van der Waals surface area contributed by atoms with Gasteiger partial charge in [0.15, 0.2) is 11.7 Å². The van der Waals surface area contributed by atoms with Crippen molar-refractivity contribution < 1.29 is 4.52 Å². The summed E-state index contributed by atoms with van der Waals surface area (Å²) in [6.07, 6.45) is 2.15. The minimum atomic E-state index is 0.467. The lowest BCUT2D eigenvalue weighted by Crippen LogP contribution is -2.36. The molecule has 0 aliphatic rings. The molecule has 1 aromatic carbocycles. The van der Waals surface area contributed by atoms with Gasteiger partial charge in [0.2, 0.25) is 0 Å². The summed E-state index contributed by atoms with van der Waals surface area (Å²) in [4.78, 5) is 6.76. The topological polar surface area (TPSA) is 65.7 Å². The zero-order chi connectivity index (χ0) is 19.6. The molecule has 0 spiro atoms. The Kier molecular flexibility index (Phi) is 8.17. The predicted octanol–water partition coefficient (Wildman–Crippen LogP) is 3.90. The first-order valence-corrected chi connectivity index (χ1v) is 9.81. The number of nitrogens with one attached hydrogen (secondary N) is 2. The highest BCUT2D eigenvalue weighted by atomic mass is 16.5. The molecule has 6 nitrogen and oxygen atoms in total. The molecular formula is C21H33N5O. The fourth-order valence-corrected chi connectivity index (χ4v) is 2.89. The number of hydrogen-bond donors (Lipinski definition) is 2. The van der Waals surface area contributed by atoms with Crippen LogP contribution in [0.15, 0.2) is 39.8 Å². The van der Waals surface area contributed by atoms with Gasteiger partial charge in [0.25, 0.3) is 0 Å². The average molecular weight is 372 g/mol. The number of aromatic nitrogens is 1. The van der Waals surface area contributed by atoms with Gasteiger partial charge in [0, 0.05) is 38.3 Å². The van der Waals surface area contributed by atoms with Crippen LogP contribution in [0.25, 0.3) is 0 Å². The van der Waals surface area contributed by atoms with Crippen molar-refractivity contribution in [3.63, 3.8) is 0 Å². The Hall–Kier alpha value is -2.50. The Morgan fingerprint density at radius 3 is 2.41 bits per heavy atom. The third-order valence-corrected chi connectivity index (χ3v) is 4.63. The van der Waals surface area contributed by atoms with Gasteiger partial charge < -0.3 is 20.1 Å². The Labute approximate surface area is 163 Å². The third-order valence-electron chi connectivity index (χ3n) is 4.63. The van der Waals surface area contributed by atoms with E-state index < -0.39 is 0 Å². The molecule has 1 aromatic heterocycles. The maximum atomic E-state index is 5.48. The maximum Gasteiger partial charge on any atom is 0.191 e. The van der Waals surface area contributed by atoms with Crippen LogP contribution in [-0.4, -0.2) is 31.8 Å². The van der Waals surface area contributed by atoms with Gasteiger partial charge >= 0.3 is 0 Å². The molecular weight excluding hydrogens is 338 g/mol. The summed E-state index contributed by atoms with van der Waals surface area (Å²) in [7, 11) is 4.08. The van der Waals surface area contributed by atoms with Crippen LogP contribution in [-0.2, 0) is 13.1 Å². The van der Waals surface area contributed by atoms with Gasteiger partial charge in [-0.05, 0) is 37.5 Å². The van der Waals surface area contributed by atoms with Crippen LogP contribution < -0.4 is 15.5 Å². The number of anilines is 1. The fourth-order valence-electron chi connectivity index (χ4n) is 2.89. The molecule has 2 N–H and O–H groups in total. The molecule has 0 atom stereocenters. The Balaban J connectivity index is 1.95. The molecule has 27 heavy (non-hydrogen) atoms. The van der Waals surface area contributed by atoms with Crippen molar-refractivity contribution in [2.24, 2.45) is 4.99 Å².